The predicted octanol–water partition coefficient (Wildman–Crippen LogP) is 9.33. The minimum Gasteiger partial charge on any atom is -0.410 e. The zero-order valence-corrected chi connectivity index (χ0v) is 25.3. The molecule has 1 saturated heterocycles. The minimum absolute atomic E-state index is 0.687. The number of hydrogen-bond acceptors (Lipinski definition) is 6. The Morgan fingerprint density at radius 2 is 1.36 bits per heavy atom. The molecule has 0 spiro atoms. The number of hydrogen-bond donors (Lipinski definition) is 1. The normalized spacial score (nSPS) is 17.3. The standard InChI is InChI=1S/C29H29N3OS2.2C2H6/c33-30-29-27-19-23(34-22-9-5-2-6-10-22)11-13-25(27)26-14-12-24(20-28(26)29)35-32-17-15-31(16-18-32)21-7-3-1-4-8-21;2*1-2/h1,3-4,7-9,11-14,19-20,33H,2,5-6,10,15-18H2;2*1-2H3/b30-29-;;. The fourth-order valence-electron chi connectivity index (χ4n) is 5.16. The summed E-state index contributed by atoms with van der Waals surface area (Å²) in [5, 5.41) is 13.7. The van der Waals surface area contributed by atoms with Gasteiger partial charge in [-0.1, -0.05) is 81.0 Å². The Hall–Kier alpha value is -2.67. The molecule has 2 aliphatic carbocycles. The maximum atomic E-state index is 9.97. The zero-order valence-electron chi connectivity index (χ0n) is 23.7. The summed E-state index contributed by atoms with van der Waals surface area (Å²) < 4.78 is 2.44. The second-order valence-electron chi connectivity index (χ2n) is 9.22. The number of nitrogens with zero attached hydrogens (tertiary/aromatic N) is 3. The number of thioether (sulfide) groups is 1. The van der Waals surface area contributed by atoms with Gasteiger partial charge in [-0.2, -0.15) is 0 Å². The van der Waals surface area contributed by atoms with Crippen LogP contribution in [-0.2, 0) is 0 Å². The fourth-order valence-corrected chi connectivity index (χ4v) is 7.17. The largest absolute Gasteiger partial charge is 0.410 e. The summed E-state index contributed by atoms with van der Waals surface area (Å²) in [7, 11) is 0. The summed E-state index contributed by atoms with van der Waals surface area (Å²) in [5.74, 6) is 0. The van der Waals surface area contributed by atoms with Crippen LogP contribution < -0.4 is 4.90 Å². The molecule has 6 heteroatoms. The molecule has 0 aromatic heterocycles. The van der Waals surface area contributed by atoms with Crippen molar-refractivity contribution in [2.24, 2.45) is 5.16 Å². The third-order valence-electron chi connectivity index (χ3n) is 6.98. The Kier molecular flexibility index (Phi) is 11.0. The van der Waals surface area contributed by atoms with Crippen molar-refractivity contribution in [3.05, 3.63) is 88.8 Å². The minimum atomic E-state index is 0.687. The molecule has 0 unspecified atom stereocenters. The summed E-state index contributed by atoms with van der Waals surface area (Å²) >= 11 is 3.66. The van der Waals surface area contributed by atoms with Gasteiger partial charge in [0.25, 0.3) is 0 Å². The molecule has 0 saturated carbocycles. The summed E-state index contributed by atoms with van der Waals surface area (Å²) in [6.45, 7) is 12.1. The molecule has 1 heterocycles. The van der Waals surface area contributed by atoms with E-state index in [4.69, 9.17) is 0 Å². The fraction of sp³-hybridized carbons (Fsp3) is 0.364. The Labute approximate surface area is 243 Å². The molecule has 3 aromatic carbocycles. The first-order valence-electron chi connectivity index (χ1n) is 14.4. The lowest BCUT2D eigenvalue weighted by atomic mass is 10.1. The SMILES string of the molecule is CC.CC.O/N=C1/c2cc(SC3=CCCCC3)ccc2-c2ccc(SN3CCN(c4ccccc4)CC3)cc21. The number of fused-ring (bicyclic) bond motifs is 3. The van der Waals surface area contributed by atoms with Crippen molar-refractivity contribution in [3.8, 4) is 11.1 Å². The van der Waals surface area contributed by atoms with Gasteiger partial charge in [-0.3, -0.25) is 0 Å². The maximum absolute atomic E-state index is 9.97. The van der Waals surface area contributed by atoms with Gasteiger partial charge >= 0.3 is 0 Å². The quantitative estimate of drug-likeness (QED) is 0.150. The van der Waals surface area contributed by atoms with E-state index in [1.54, 1.807) is 11.9 Å². The van der Waals surface area contributed by atoms with E-state index >= 15 is 0 Å². The van der Waals surface area contributed by atoms with E-state index < -0.39 is 0 Å². The summed E-state index contributed by atoms with van der Waals surface area (Å²) in [6.07, 6.45) is 7.31. The molecular formula is C33H41N3OS2. The second kappa shape index (κ2) is 14.6. The van der Waals surface area contributed by atoms with Crippen LogP contribution in [0.4, 0.5) is 5.69 Å². The lowest BCUT2D eigenvalue weighted by Crippen LogP contribution is -2.43. The van der Waals surface area contributed by atoms with E-state index in [0.29, 0.717) is 5.71 Å². The molecule has 6 rings (SSSR count). The van der Waals surface area contributed by atoms with Gasteiger partial charge in [0.15, 0.2) is 0 Å². The van der Waals surface area contributed by atoms with E-state index in [2.05, 4.69) is 87.2 Å². The van der Waals surface area contributed by atoms with Crippen LogP contribution in [0.1, 0.15) is 64.5 Å². The van der Waals surface area contributed by atoms with Crippen LogP contribution >= 0.6 is 23.7 Å². The molecule has 3 aromatic rings. The number of benzene rings is 3. The maximum Gasteiger partial charge on any atom is 0.118 e. The number of rotatable bonds is 5. The lowest BCUT2D eigenvalue weighted by molar-refractivity contribution is 0.320. The molecule has 0 radical (unpaired) electrons. The van der Waals surface area contributed by atoms with Gasteiger partial charge in [-0.05, 0) is 90.1 Å². The van der Waals surface area contributed by atoms with Crippen LogP contribution in [-0.4, -0.2) is 41.4 Å². The monoisotopic (exact) mass is 559 g/mol. The Bertz CT molecular complexity index is 1280. The van der Waals surface area contributed by atoms with Crippen molar-refractivity contribution in [2.45, 2.75) is 63.2 Å². The van der Waals surface area contributed by atoms with E-state index in [1.165, 1.54) is 46.1 Å². The molecule has 39 heavy (non-hydrogen) atoms. The summed E-state index contributed by atoms with van der Waals surface area (Å²) in [6, 6.07) is 23.8. The lowest BCUT2D eigenvalue weighted by Gasteiger charge is -2.35. The van der Waals surface area contributed by atoms with Gasteiger partial charge in [0.1, 0.15) is 5.71 Å². The zero-order chi connectivity index (χ0) is 27.6. The summed E-state index contributed by atoms with van der Waals surface area (Å²) in [4.78, 5) is 6.32. The first-order chi connectivity index (χ1) is 19.3. The van der Waals surface area contributed by atoms with Crippen molar-refractivity contribution in [1.29, 1.82) is 0 Å². The van der Waals surface area contributed by atoms with Crippen LogP contribution in [0.2, 0.25) is 0 Å². The van der Waals surface area contributed by atoms with Gasteiger partial charge in [0.2, 0.25) is 0 Å². The molecule has 1 fully saturated rings. The van der Waals surface area contributed by atoms with E-state index in [9.17, 15) is 5.21 Å². The van der Waals surface area contributed by atoms with E-state index in [1.807, 2.05) is 39.5 Å². The third-order valence-corrected chi connectivity index (χ3v) is 9.19. The average molecular weight is 560 g/mol. The highest BCUT2D eigenvalue weighted by Gasteiger charge is 2.27. The topological polar surface area (TPSA) is 39.1 Å². The molecule has 0 amide bonds. The molecular weight excluding hydrogens is 519 g/mol. The molecule has 1 N–H and O–H groups in total. The Morgan fingerprint density at radius 3 is 1.97 bits per heavy atom. The highest BCUT2D eigenvalue weighted by molar-refractivity contribution is 8.03. The molecule has 4 nitrogen and oxygen atoms in total. The van der Waals surface area contributed by atoms with Crippen LogP contribution in [0.3, 0.4) is 0 Å². The van der Waals surface area contributed by atoms with Crippen LogP contribution in [0.15, 0.2) is 92.7 Å². The molecule has 3 aliphatic rings. The van der Waals surface area contributed by atoms with Gasteiger partial charge in [-0.15, -0.1) is 0 Å². The highest BCUT2D eigenvalue weighted by Crippen LogP contribution is 2.42. The van der Waals surface area contributed by atoms with Crippen molar-refractivity contribution in [3.63, 3.8) is 0 Å². The Morgan fingerprint density at radius 1 is 0.718 bits per heavy atom. The Balaban J connectivity index is 0.000000845. The van der Waals surface area contributed by atoms with Crippen LogP contribution in [0.25, 0.3) is 11.1 Å². The van der Waals surface area contributed by atoms with Crippen molar-refractivity contribution in [1.82, 2.24) is 4.31 Å². The van der Waals surface area contributed by atoms with E-state index in [-0.39, 0.29) is 0 Å². The van der Waals surface area contributed by atoms with Gasteiger partial charge in [0.05, 0.1) is 0 Å². The molecule has 0 bridgehead atoms. The van der Waals surface area contributed by atoms with E-state index in [0.717, 1.165) is 48.4 Å². The molecule has 206 valence electrons. The third kappa shape index (κ3) is 6.92. The second-order valence-corrected chi connectivity index (χ2v) is 11.6. The van der Waals surface area contributed by atoms with Gasteiger partial charge < -0.3 is 10.1 Å². The molecule has 0 atom stereocenters. The van der Waals surface area contributed by atoms with Crippen molar-refractivity contribution >= 4 is 35.1 Å². The average Bonchev–Trinajstić information content (AvgIpc) is 3.32. The first kappa shape index (κ1) is 29.3. The number of piperazine rings is 1. The first-order valence-corrected chi connectivity index (χ1v) is 16.0. The van der Waals surface area contributed by atoms with Crippen LogP contribution in [0.5, 0.6) is 0 Å². The van der Waals surface area contributed by atoms with Gasteiger partial charge in [-0.25, -0.2) is 4.31 Å². The number of oxime groups is 1. The van der Waals surface area contributed by atoms with Crippen LogP contribution in [0, 0.1) is 0 Å². The number of allylic oxidation sites excluding steroid dienone is 2. The molecule has 1 aliphatic heterocycles. The van der Waals surface area contributed by atoms with Crippen molar-refractivity contribution < 1.29 is 5.21 Å². The van der Waals surface area contributed by atoms with Crippen molar-refractivity contribution in [2.75, 3.05) is 31.1 Å². The number of para-hydroxylation sites is 1. The number of anilines is 1. The smallest absolute Gasteiger partial charge is 0.118 e. The van der Waals surface area contributed by atoms with Gasteiger partial charge in [0, 0.05) is 52.8 Å². The predicted molar refractivity (Wildman–Crippen MR) is 170 cm³/mol. The highest BCUT2D eigenvalue weighted by atomic mass is 32.2. The summed E-state index contributed by atoms with van der Waals surface area (Å²) in [5.41, 5.74) is 6.35.